The average molecular weight is 245 g/mol. The van der Waals surface area contributed by atoms with Gasteiger partial charge >= 0.3 is 6.03 Å². The van der Waals surface area contributed by atoms with E-state index in [1.54, 1.807) is 11.0 Å². The summed E-state index contributed by atoms with van der Waals surface area (Å²) in [5.74, 6) is 0.339. The number of carbonyl (C=O) groups excluding carboxylic acids is 1. The van der Waals surface area contributed by atoms with Crippen molar-refractivity contribution >= 4 is 17.6 Å². The summed E-state index contributed by atoms with van der Waals surface area (Å²) in [5, 5.41) is 6.19. The van der Waals surface area contributed by atoms with Crippen LogP contribution in [0.3, 0.4) is 0 Å². The van der Waals surface area contributed by atoms with E-state index in [9.17, 15) is 4.79 Å². The Morgan fingerprint density at radius 3 is 2.89 bits per heavy atom. The van der Waals surface area contributed by atoms with Crippen LogP contribution in [0.1, 0.15) is 12.5 Å². The highest BCUT2D eigenvalue weighted by Gasteiger charge is 2.15. The van der Waals surface area contributed by atoms with Gasteiger partial charge in [0.15, 0.2) is 0 Å². The van der Waals surface area contributed by atoms with Crippen molar-refractivity contribution in [2.24, 2.45) is 0 Å². The van der Waals surface area contributed by atoms with Crippen molar-refractivity contribution in [1.29, 1.82) is 0 Å². The maximum Gasteiger partial charge on any atom is 0.328 e. The van der Waals surface area contributed by atoms with Crippen molar-refractivity contribution in [3.63, 3.8) is 0 Å². The largest absolute Gasteiger partial charge is 0.338 e. The summed E-state index contributed by atoms with van der Waals surface area (Å²) in [6.07, 6.45) is 1.48. The van der Waals surface area contributed by atoms with E-state index in [-0.39, 0.29) is 6.03 Å². The molecule has 18 heavy (non-hydrogen) atoms. The summed E-state index contributed by atoms with van der Waals surface area (Å²) in [4.78, 5) is 13.7. The lowest BCUT2D eigenvalue weighted by molar-refractivity contribution is 0.256. The molecule has 2 rings (SSSR count). The monoisotopic (exact) mass is 245 g/mol. The Bertz CT molecular complexity index is 523. The molecule has 0 saturated heterocycles. The van der Waals surface area contributed by atoms with E-state index >= 15 is 0 Å². The minimum atomic E-state index is -0.236. The molecule has 1 aromatic carbocycles. The summed E-state index contributed by atoms with van der Waals surface area (Å²) in [6.45, 7) is 4.48. The fourth-order valence-electron chi connectivity index (χ4n) is 1.69. The summed E-state index contributed by atoms with van der Waals surface area (Å²) in [5.41, 5.74) is 1.97. The first-order chi connectivity index (χ1) is 8.70. The Morgan fingerprint density at radius 2 is 2.28 bits per heavy atom. The Hall–Kier alpha value is -2.30. The van der Waals surface area contributed by atoms with Gasteiger partial charge in [0, 0.05) is 18.3 Å². The van der Waals surface area contributed by atoms with E-state index < -0.39 is 0 Å². The fourth-order valence-corrected chi connectivity index (χ4v) is 1.69. The molecule has 2 amide bonds. The lowest BCUT2D eigenvalue weighted by Crippen LogP contribution is -2.34. The van der Waals surface area contributed by atoms with Gasteiger partial charge in [-0.15, -0.1) is 0 Å². The second-order valence-electron chi connectivity index (χ2n) is 3.89. The quantitative estimate of drug-likeness (QED) is 0.904. The molecule has 0 atom stereocenters. The predicted octanol–water partition coefficient (Wildman–Crippen LogP) is 3.04. The maximum absolute atomic E-state index is 12.1. The van der Waals surface area contributed by atoms with Crippen LogP contribution in [0.25, 0.3) is 0 Å². The van der Waals surface area contributed by atoms with Crippen molar-refractivity contribution < 1.29 is 9.32 Å². The fraction of sp³-hybridized carbons (Fsp3) is 0.231. The molecule has 0 aliphatic rings. The molecule has 94 valence electrons. The SMILES string of the molecule is CCN(C(=O)Nc1ccno1)c1cccc(C)c1. The number of benzene rings is 1. The smallest absolute Gasteiger partial charge is 0.328 e. The summed E-state index contributed by atoms with van der Waals surface area (Å²) < 4.78 is 4.85. The first kappa shape index (κ1) is 12.2. The van der Waals surface area contributed by atoms with Crippen molar-refractivity contribution in [1.82, 2.24) is 5.16 Å². The van der Waals surface area contributed by atoms with E-state index in [0.29, 0.717) is 12.4 Å². The number of nitrogens with one attached hydrogen (secondary N) is 1. The van der Waals surface area contributed by atoms with Crippen LogP contribution < -0.4 is 10.2 Å². The Labute approximate surface area is 105 Å². The number of hydrogen-bond acceptors (Lipinski definition) is 3. The Morgan fingerprint density at radius 1 is 1.44 bits per heavy atom. The van der Waals surface area contributed by atoms with E-state index in [2.05, 4.69) is 10.5 Å². The molecular formula is C13H15N3O2. The molecule has 5 heteroatoms. The van der Waals surface area contributed by atoms with Crippen LogP contribution in [-0.2, 0) is 0 Å². The molecular weight excluding hydrogens is 230 g/mol. The van der Waals surface area contributed by atoms with E-state index in [4.69, 9.17) is 4.52 Å². The molecule has 0 bridgehead atoms. The number of nitrogens with zero attached hydrogens (tertiary/aromatic N) is 2. The number of carbonyl (C=O) groups is 1. The lowest BCUT2D eigenvalue weighted by atomic mass is 10.2. The molecule has 0 fully saturated rings. The number of aryl methyl sites for hydroxylation is 1. The minimum Gasteiger partial charge on any atom is -0.338 e. The van der Waals surface area contributed by atoms with E-state index in [1.165, 1.54) is 6.20 Å². The van der Waals surface area contributed by atoms with Gasteiger partial charge in [0.1, 0.15) is 0 Å². The second-order valence-corrected chi connectivity index (χ2v) is 3.89. The normalized spacial score (nSPS) is 10.1. The maximum atomic E-state index is 12.1. The van der Waals surface area contributed by atoms with Crippen molar-refractivity contribution in [3.8, 4) is 0 Å². The van der Waals surface area contributed by atoms with Gasteiger partial charge in [0.2, 0.25) is 5.88 Å². The number of aromatic nitrogens is 1. The lowest BCUT2D eigenvalue weighted by Gasteiger charge is -2.20. The highest BCUT2D eigenvalue weighted by Crippen LogP contribution is 2.17. The highest BCUT2D eigenvalue weighted by molar-refractivity contribution is 6.00. The van der Waals surface area contributed by atoms with Crippen LogP contribution in [-0.4, -0.2) is 17.7 Å². The van der Waals surface area contributed by atoms with Gasteiger partial charge < -0.3 is 4.52 Å². The topological polar surface area (TPSA) is 58.4 Å². The van der Waals surface area contributed by atoms with Gasteiger partial charge in [-0.05, 0) is 31.5 Å². The van der Waals surface area contributed by atoms with Gasteiger partial charge in [-0.1, -0.05) is 17.3 Å². The number of urea groups is 1. The molecule has 5 nitrogen and oxygen atoms in total. The Kier molecular flexibility index (Phi) is 3.62. The van der Waals surface area contributed by atoms with Gasteiger partial charge in [-0.3, -0.25) is 10.2 Å². The number of anilines is 2. The number of rotatable bonds is 3. The third-order valence-electron chi connectivity index (χ3n) is 2.54. The van der Waals surface area contributed by atoms with Gasteiger partial charge in [-0.2, -0.15) is 0 Å². The molecule has 0 unspecified atom stereocenters. The molecule has 1 N–H and O–H groups in total. The van der Waals surface area contributed by atoms with Crippen LogP contribution in [0.2, 0.25) is 0 Å². The molecule has 0 saturated carbocycles. The van der Waals surface area contributed by atoms with Crippen molar-refractivity contribution in [3.05, 3.63) is 42.1 Å². The molecule has 0 spiro atoms. The van der Waals surface area contributed by atoms with Crippen LogP contribution in [0.15, 0.2) is 41.1 Å². The van der Waals surface area contributed by atoms with Crippen LogP contribution in [0.5, 0.6) is 0 Å². The third-order valence-corrected chi connectivity index (χ3v) is 2.54. The molecule has 0 aliphatic carbocycles. The second kappa shape index (κ2) is 5.35. The zero-order valence-corrected chi connectivity index (χ0v) is 10.4. The highest BCUT2D eigenvalue weighted by atomic mass is 16.5. The number of amides is 2. The van der Waals surface area contributed by atoms with E-state index in [0.717, 1.165) is 11.3 Å². The van der Waals surface area contributed by atoms with Gasteiger partial charge in [-0.25, -0.2) is 4.79 Å². The first-order valence-electron chi connectivity index (χ1n) is 5.76. The third kappa shape index (κ3) is 2.68. The zero-order chi connectivity index (χ0) is 13.0. The molecule has 1 aromatic heterocycles. The molecule has 0 aliphatic heterocycles. The summed E-state index contributed by atoms with van der Waals surface area (Å²) in [7, 11) is 0. The van der Waals surface area contributed by atoms with Gasteiger partial charge in [0.05, 0.1) is 6.20 Å². The van der Waals surface area contributed by atoms with Crippen LogP contribution >= 0.6 is 0 Å². The van der Waals surface area contributed by atoms with E-state index in [1.807, 2.05) is 38.1 Å². The first-order valence-corrected chi connectivity index (χ1v) is 5.76. The van der Waals surface area contributed by atoms with Crippen LogP contribution in [0, 0.1) is 6.92 Å². The minimum absolute atomic E-state index is 0.236. The number of hydrogen-bond donors (Lipinski definition) is 1. The summed E-state index contributed by atoms with van der Waals surface area (Å²) >= 11 is 0. The molecule has 1 heterocycles. The predicted molar refractivity (Wildman–Crippen MR) is 69.7 cm³/mol. The standard InChI is InChI=1S/C13H15N3O2/c1-3-16(11-6-4-5-10(2)9-11)13(17)15-12-7-8-14-18-12/h4-9H,3H2,1-2H3,(H,15,17). The Balaban J connectivity index is 2.15. The van der Waals surface area contributed by atoms with Crippen LogP contribution in [0.4, 0.5) is 16.4 Å². The molecule has 2 aromatic rings. The zero-order valence-electron chi connectivity index (χ0n) is 10.4. The van der Waals surface area contributed by atoms with Gasteiger partial charge in [0.25, 0.3) is 0 Å². The molecule has 0 radical (unpaired) electrons. The summed E-state index contributed by atoms with van der Waals surface area (Å²) in [6, 6.07) is 9.14. The average Bonchev–Trinajstić information content (AvgIpc) is 2.83. The van der Waals surface area contributed by atoms with Crippen molar-refractivity contribution in [2.75, 3.05) is 16.8 Å². The van der Waals surface area contributed by atoms with Crippen molar-refractivity contribution in [2.45, 2.75) is 13.8 Å².